The quantitative estimate of drug-likeness (QED) is 0.545. The van der Waals surface area contributed by atoms with Crippen molar-refractivity contribution in [3.05, 3.63) is 11.3 Å². The molecule has 64 valence electrons. The topological polar surface area (TPSA) is 9.23 Å². The summed E-state index contributed by atoms with van der Waals surface area (Å²) in [6.07, 6.45) is 3.77. The maximum Gasteiger partial charge on any atom is 0.203 e. The van der Waals surface area contributed by atoms with E-state index in [1.165, 1.54) is 30.6 Å². The fourth-order valence-corrected chi connectivity index (χ4v) is 2.21. The van der Waals surface area contributed by atoms with Crippen molar-refractivity contribution < 1.29 is 4.43 Å². The first kappa shape index (κ1) is 8.85. The maximum absolute atomic E-state index is 5.46. The van der Waals surface area contributed by atoms with Crippen LogP contribution in [-0.4, -0.2) is 10.5 Å². The Hall–Kier alpha value is -0.243. The van der Waals surface area contributed by atoms with Crippen LogP contribution in [0.15, 0.2) is 11.3 Å². The summed E-state index contributed by atoms with van der Waals surface area (Å²) >= 11 is 0. The van der Waals surface area contributed by atoms with E-state index in [1.54, 1.807) is 0 Å². The molecule has 0 N–H and O–H groups in total. The summed E-state index contributed by atoms with van der Waals surface area (Å²) in [5.41, 5.74) is 1.86. The summed E-state index contributed by atoms with van der Waals surface area (Å²) in [6, 6.07) is 0. The largest absolute Gasteiger partial charge is 0.556 e. The number of hydrogen-bond acceptors (Lipinski definition) is 1. The lowest BCUT2D eigenvalue weighted by Crippen LogP contribution is -2.19. The zero-order valence-electron chi connectivity index (χ0n) is 8.03. The smallest absolute Gasteiger partial charge is 0.203 e. The molecule has 0 unspecified atom stereocenters. The van der Waals surface area contributed by atoms with Crippen LogP contribution in [0.5, 0.6) is 0 Å². The number of rotatable bonds is 1. The summed E-state index contributed by atoms with van der Waals surface area (Å²) in [5, 5.41) is 0. The highest BCUT2D eigenvalue weighted by Gasteiger charge is 2.26. The molecule has 0 spiro atoms. The molecule has 0 aromatic carbocycles. The van der Waals surface area contributed by atoms with Crippen molar-refractivity contribution in [3.8, 4) is 0 Å². The predicted octanol–water partition coefficient (Wildman–Crippen LogP) is 1.77. The third kappa shape index (κ3) is 1.67. The van der Waals surface area contributed by atoms with Crippen LogP contribution >= 0.6 is 0 Å². The van der Waals surface area contributed by atoms with Crippen molar-refractivity contribution in [1.82, 2.24) is 0 Å². The first-order chi connectivity index (χ1) is 5.08. The molecule has 0 fully saturated rings. The second kappa shape index (κ2) is 3.01. The van der Waals surface area contributed by atoms with E-state index >= 15 is 0 Å². The van der Waals surface area contributed by atoms with Crippen molar-refractivity contribution in [1.29, 1.82) is 0 Å². The lowest BCUT2D eigenvalue weighted by molar-refractivity contribution is 0.307. The SMILES string of the molecule is CC1=C(O[SiH3])CCCC1(C)C. The Bertz CT molecular complexity index is 182. The molecule has 0 aromatic heterocycles. The van der Waals surface area contributed by atoms with Gasteiger partial charge in [0.05, 0.1) is 5.76 Å². The zero-order chi connectivity index (χ0) is 8.48. The lowest BCUT2D eigenvalue weighted by atomic mass is 9.76. The van der Waals surface area contributed by atoms with Gasteiger partial charge >= 0.3 is 0 Å². The molecule has 11 heavy (non-hydrogen) atoms. The van der Waals surface area contributed by atoms with Crippen molar-refractivity contribution in [3.63, 3.8) is 0 Å². The van der Waals surface area contributed by atoms with Crippen molar-refractivity contribution in [2.24, 2.45) is 5.41 Å². The second-order valence-electron chi connectivity index (χ2n) is 3.99. The van der Waals surface area contributed by atoms with Crippen molar-refractivity contribution in [2.75, 3.05) is 0 Å². The number of allylic oxidation sites excluding steroid dienone is 2. The molecule has 0 saturated heterocycles. The minimum Gasteiger partial charge on any atom is -0.556 e. The average Bonchev–Trinajstić information content (AvgIpc) is 1.95. The molecule has 0 amide bonds. The van der Waals surface area contributed by atoms with E-state index in [2.05, 4.69) is 20.8 Å². The van der Waals surface area contributed by atoms with Crippen molar-refractivity contribution in [2.45, 2.75) is 40.0 Å². The monoisotopic (exact) mass is 170 g/mol. The van der Waals surface area contributed by atoms with Gasteiger partial charge in [-0.3, -0.25) is 0 Å². The highest BCUT2D eigenvalue weighted by atomic mass is 28.2. The Morgan fingerprint density at radius 2 is 2.09 bits per heavy atom. The fourth-order valence-electron chi connectivity index (χ4n) is 1.70. The van der Waals surface area contributed by atoms with Gasteiger partial charge in [0.2, 0.25) is 10.5 Å². The molecule has 0 atom stereocenters. The Labute approximate surface area is 72.4 Å². The van der Waals surface area contributed by atoms with Gasteiger partial charge in [0.15, 0.2) is 0 Å². The van der Waals surface area contributed by atoms with Gasteiger partial charge in [-0.2, -0.15) is 0 Å². The molecule has 0 radical (unpaired) electrons. The summed E-state index contributed by atoms with van der Waals surface area (Å²) < 4.78 is 5.46. The van der Waals surface area contributed by atoms with Gasteiger partial charge < -0.3 is 4.43 Å². The normalized spacial score (nSPS) is 23.9. The minimum atomic E-state index is 0.387. The molecule has 1 aliphatic rings. The first-order valence-corrected chi connectivity index (χ1v) is 5.14. The van der Waals surface area contributed by atoms with Gasteiger partial charge in [-0.1, -0.05) is 13.8 Å². The van der Waals surface area contributed by atoms with Crippen LogP contribution in [0.2, 0.25) is 0 Å². The Kier molecular flexibility index (Phi) is 2.42. The molecule has 0 aromatic rings. The van der Waals surface area contributed by atoms with E-state index in [4.69, 9.17) is 4.43 Å². The maximum atomic E-state index is 5.46. The third-order valence-corrected chi connectivity index (χ3v) is 3.38. The van der Waals surface area contributed by atoms with E-state index < -0.39 is 0 Å². The Balaban J connectivity index is 2.89. The van der Waals surface area contributed by atoms with Crippen LogP contribution in [0.4, 0.5) is 0 Å². The molecular weight excluding hydrogens is 152 g/mol. The summed E-state index contributed by atoms with van der Waals surface area (Å²) in [6.45, 7) is 6.83. The Morgan fingerprint density at radius 3 is 2.55 bits per heavy atom. The average molecular weight is 170 g/mol. The lowest BCUT2D eigenvalue weighted by Gasteiger charge is -2.32. The predicted molar refractivity (Wildman–Crippen MR) is 51.4 cm³/mol. The van der Waals surface area contributed by atoms with Crippen LogP contribution in [-0.2, 0) is 4.43 Å². The van der Waals surface area contributed by atoms with Crippen LogP contribution < -0.4 is 0 Å². The van der Waals surface area contributed by atoms with Gasteiger partial charge in [-0.05, 0) is 30.8 Å². The highest BCUT2D eigenvalue weighted by Crippen LogP contribution is 2.39. The van der Waals surface area contributed by atoms with E-state index in [0.717, 1.165) is 10.5 Å². The first-order valence-electron chi connectivity index (χ1n) is 4.32. The molecule has 0 aliphatic heterocycles. The van der Waals surface area contributed by atoms with Gasteiger partial charge in [0, 0.05) is 6.42 Å². The van der Waals surface area contributed by atoms with E-state index in [-0.39, 0.29) is 0 Å². The summed E-state index contributed by atoms with van der Waals surface area (Å²) in [5.74, 6) is 1.27. The third-order valence-electron chi connectivity index (χ3n) is 2.89. The summed E-state index contributed by atoms with van der Waals surface area (Å²) in [4.78, 5) is 0. The standard InChI is InChI=1S/C9H18OSi/c1-7-8(10-11)5-4-6-9(7,2)3/h4-6H2,1-3,11H3. The number of hydrogen-bond donors (Lipinski definition) is 0. The van der Waals surface area contributed by atoms with E-state index in [1.807, 2.05) is 0 Å². The van der Waals surface area contributed by atoms with Crippen LogP contribution in [0.3, 0.4) is 0 Å². The molecule has 0 saturated carbocycles. The van der Waals surface area contributed by atoms with Gasteiger partial charge in [0.25, 0.3) is 0 Å². The molecule has 0 bridgehead atoms. The molecule has 1 nitrogen and oxygen atoms in total. The van der Waals surface area contributed by atoms with E-state index in [9.17, 15) is 0 Å². The minimum absolute atomic E-state index is 0.387. The van der Waals surface area contributed by atoms with E-state index in [0.29, 0.717) is 5.41 Å². The van der Waals surface area contributed by atoms with Crippen LogP contribution in [0.1, 0.15) is 40.0 Å². The molecule has 1 aliphatic carbocycles. The van der Waals surface area contributed by atoms with Crippen molar-refractivity contribution >= 4 is 10.5 Å². The Morgan fingerprint density at radius 1 is 1.45 bits per heavy atom. The highest BCUT2D eigenvalue weighted by molar-refractivity contribution is 5.98. The second-order valence-corrected chi connectivity index (χ2v) is 4.40. The van der Waals surface area contributed by atoms with Gasteiger partial charge in [-0.25, -0.2) is 0 Å². The molecule has 1 rings (SSSR count). The molecule has 0 heterocycles. The van der Waals surface area contributed by atoms with Crippen LogP contribution in [0, 0.1) is 5.41 Å². The van der Waals surface area contributed by atoms with Gasteiger partial charge in [0.1, 0.15) is 0 Å². The van der Waals surface area contributed by atoms with Crippen LogP contribution in [0.25, 0.3) is 0 Å². The molecule has 2 heteroatoms. The fraction of sp³-hybridized carbons (Fsp3) is 0.778. The molecular formula is C9H18OSi. The summed E-state index contributed by atoms with van der Waals surface area (Å²) in [7, 11) is 0.839. The zero-order valence-corrected chi connectivity index (χ0v) is 10.0. The van der Waals surface area contributed by atoms with Gasteiger partial charge in [-0.15, -0.1) is 0 Å².